The lowest BCUT2D eigenvalue weighted by atomic mass is 10.4. The van der Waals surface area contributed by atoms with Crippen molar-refractivity contribution in [2.45, 2.75) is 0 Å². The van der Waals surface area contributed by atoms with Gasteiger partial charge >= 0.3 is 0 Å². The summed E-state index contributed by atoms with van der Waals surface area (Å²) in [6.07, 6.45) is 4.39. The average Bonchev–Trinajstić information content (AvgIpc) is 2.56. The number of aromatic nitrogens is 3. The van der Waals surface area contributed by atoms with E-state index in [2.05, 4.69) is 10.1 Å². The molecule has 0 amide bonds. The number of hydrogen-bond acceptors (Lipinski definition) is 2. The van der Waals surface area contributed by atoms with Crippen molar-refractivity contribution in [1.29, 1.82) is 0 Å². The summed E-state index contributed by atoms with van der Waals surface area (Å²) in [5.74, 6) is -0.0334. The molecule has 13 heavy (non-hydrogen) atoms. The highest BCUT2D eigenvalue weighted by Gasteiger charge is 2.04. The molecule has 0 saturated heterocycles. The summed E-state index contributed by atoms with van der Waals surface area (Å²) in [5.41, 5.74) is 0. The monoisotopic (exact) mass is 197 g/mol. The molecule has 66 valence electrons. The normalized spacial score (nSPS) is 10.3. The smallest absolute Gasteiger partial charge is 0.172 e. The summed E-state index contributed by atoms with van der Waals surface area (Å²) >= 11 is 5.76. The zero-order valence-electron chi connectivity index (χ0n) is 6.48. The predicted molar refractivity (Wildman–Crippen MR) is 46.3 cm³/mol. The Balaban J connectivity index is 2.53. The van der Waals surface area contributed by atoms with E-state index in [4.69, 9.17) is 11.6 Å². The van der Waals surface area contributed by atoms with Crippen LogP contribution in [-0.2, 0) is 0 Å². The van der Waals surface area contributed by atoms with Gasteiger partial charge < -0.3 is 0 Å². The van der Waals surface area contributed by atoms with Crippen LogP contribution in [0.4, 0.5) is 4.39 Å². The van der Waals surface area contributed by atoms with Crippen molar-refractivity contribution >= 4 is 11.6 Å². The number of rotatable bonds is 1. The molecule has 0 aliphatic rings. The molecule has 0 atom stereocenters. The Bertz CT molecular complexity index is 413. The molecule has 5 heteroatoms. The summed E-state index contributed by atoms with van der Waals surface area (Å²) in [6.45, 7) is 0. The molecule has 0 aromatic carbocycles. The Morgan fingerprint density at radius 1 is 1.46 bits per heavy atom. The topological polar surface area (TPSA) is 30.7 Å². The SMILES string of the molecule is Fc1cnc(-n2cccn2)c(Cl)c1. The van der Waals surface area contributed by atoms with Gasteiger partial charge in [0.2, 0.25) is 0 Å². The van der Waals surface area contributed by atoms with Crippen LogP contribution < -0.4 is 0 Å². The van der Waals surface area contributed by atoms with Crippen molar-refractivity contribution in [2.24, 2.45) is 0 Å². The fraction of sp³-hybridized carbons (Fsp3) is 0. The first kappa shape index (κ1) is 8.19. The highest BCUT2D eigenvalue weighted by Crippen LogP contribution is 2.17. The zero-order chi connectivity index (χ0) is 9.26. The largest absolute Gasteiger partial charge is 0.233 e. The van der Waals surface area contributed by atoms with E-state index in [0.29, 0.717) is 5.82 Å². The summed E-state index contributed by atoms with van der Waals surface area (Å²) in [5, 5.41) is 4.16. The predicted octanol–water partition coefficient (Wildman–Crippen LogP) is 2.06. The molecule has 2 rings (SSSR count). The van der Waals surface area contributed by atoms with Gasteiger partial charge in [0.25, 0.3) is 0 Å². The zero-order valence-corrected chi connectivity index (χ0v) is 7.24. The molecule has 0 bridgehead atoms. The van der Waals surface area contributed by atoms with Gasteiger partial charge in [-0.1, -0.05) is 11.6 Å². The summed E-state index contributed by atoms with van der Waals surface area (Å²) < 4.78 is 14.1. The minimum absolute atomic E-state index is 0.240. The lowest BCUT2D eigenvalue weighted by molar-refractivity contribution is 0.619. The van der Waals surface area contributed by atoms with Gasteiger partial charge in [-0.3, -0.25) is 0 Å². The van der Waals surface area contributed by atoms with E-state index in [9.17, 15) is 4.39 Å². The molecular formula is C8H5ClFN3. The van der Waals surface area contributed by atoms with E-state index >= 15 is 0 Å². The highest BCUT2D eigenvalue weighted by atomic mass is 35.5. The van der Waals surface area contributed by atoms with Crippen LogP contribution in [0.1, 0.15) is 0 Å². The summed E-state index contributed by atoms with van der Waals surface area (Å²) in [4.78, 5) is 3.81. The van der Waals surface area contributed by atoms with E-state index < -0.39 is 5.82 Å². The van der Waals surface area contributed by atoms with Crippen LogP contribution in [0.15, 0.2) is 30.7 Å². The fourth-order valence-corrected chi connectivity index (χ4v) is 1.21. The molecular weight excluding hydrogens is 193 g/mol. The van der Waals surface area contributed by atoms with Gasteiger partial charge in [0.1, 0.15) is 5.82 Å². The van der Waals surface area contributed by atoms with Crippen LogP contribution in [0, 0.1) is 5.82 Å². The molecule has 2 heterocycles. The minimum Gasteiger partial charge on any atom is -0.233 e. The molecule has 0 unspecified atom stereocenters. The van der Waals surface area contributed by atoms with Gasteiger partial charge in [0.05, 0.1) is 11.2 Å². The lowest BCUT2D eigenvalue weighted by Gasteiger charge is -2.01. The van der Waals surface area contributed by atoms with Crippen LogP contribution in [0.3, 0.4) is 0 Å². The fourth-order valence-electron chi connectivity index (χ4n) is 0.970. The number of pyridine rings is 1. The first-order chi connectivity index (χ1) is 6.27. The Morgan fingerprint density at radius 2 is 2.31 bits per heavy atom. The van der Waals surface area contributed by atoms with Crippen molar-refractivity contribution < 1.29 is 4.39 Å². The second-order valence-corrected chi connectivity index (χ2v) is 2.82. The Kier molecular flexibility index (Phi) is 1.98. The van der Waals surface area contributed by atoms with Crippen LogP contribution in [0.2, 0.25) is 5.02 Å². The molecule has 0 aliphatic carbocycles. The van der Waals surface area contributed by atoms with Gasteiger partial charge in [-0.15, -0.1) is 0 Å². The third kappa shape index (κ3) is 1.53. The van der Waals surface area contributed by atoms with Crippen LogP contribution in [-0.4, -0.2) is 14.8 Å². The molecule has 2 aromatic heterocycles. The maximum absolute atomic E-state index is 12.6. The molecule has 2 aromatic rings. The van der Waals surface area contributed by atoms with Crippen molar-refractivity contribution in [2.75, 3.05) is 0 Å². The second kappa shape index (κ2) is 3.14. The number of hydrogen-bond donors (Lipinski definition) is 0. The first-order valence-electron chi connectivity index (χ1n) is 3.58. The third-order valence-electron chi connectivity index (χ3n) is 1.51. The van der Waals surface area contributed by atoms with Gasteiger partial charge in [-0.2, -0.15) is 5.10 Å². The Hall–Kier alpha value is -1.42. The van der Waals surface area contributed by atoms with Crippen molar-refractivity contribution in [3.8, 4) is 5.82 Å². The minimum atomic E-state index is -0.457. The van der Waals surface area contributed by atoms with Gasteiger partial charge in [-0.25, -0.2) is 14.1 Å². The second-order valence-electron chi connectivity index (χ2n) is 2.41. The molecule has 0 radical (unpaired) electrons. The molecule has 0 saturated carbocycles. The molecule has 0 N–H and O–H groups in total. The number of nitrogens with zero attached hydrogens (tertiary/aromatic N) is 3. The van der Waals surface area contributed by atoms with Crippen LogP contribution in [0.25, 0.3) is 5.82 Å². The van der Waals surface area contributed by atoms with E-state index in [1.54, 1.807) is 18.5 Å². The quantitative estimate of drug-likeness (QED) is 0.701. The van der Waals surface area contributed by atoms with Crippen molar-refractivity contribution in [1.82, 2.24) is 14.8 Å². The first-order valence-corrected chi connectivity index (χ1v) is 3.96. The average molecular weight is 198 g/mol. The van der Waals surface area contributed by atoms with Crippen LogP contribution in [0.5, 0.6) is 0 Å². The van der Waals surface area contributed by atoms with Crippen LogP contribution >= 0.6 is 11.6 Å². The van der Waals surface area contributed by atoms with E-state index in [1.165, 1.54) is 10.7 Å². The van der Waals surface area contributed by atoms with E-state index in [1.807, 2.05) is 0 Å². The van der Waals surface area contributed by atoms with E-state index in [-0.39, 0.29) is 5.02 Å². The van der Waals surface area contributed by atoms with E-state index in [0.717, 1.165) is 6.20 Å². The Labute approximate surface area is 78.8 Å². The lowest BCUT2D eigenvalue weighted by Crippen LogP contribution is -1.98. The third-order valence-corrected chi connectivity index (χ3v) is 1.79. The summed E-state index contributed by atoms with van der Waals surface area (Å²) in [7, 11) is 0. The van der Waals surface area contributed by atoms with Gasteiger partial charge in [-0.05, 0) is 12.1 Å². The van der Waals surface area contributed by atoms with Crippen molar-refractivity contribution in [3.63, 3.8) is 0 Å². The summed E-state index contributed by atoms with van der Waals surface area (Å²) in [6, 6.07) is 2.94. The maximum atomic E-state index is 12.6. The molecule has 0 fully saturated rings. The molecule has 0 spiro atoms. The standard InChI is InChI=1S/C8H5ClFN3/c9-7-4-6(10)5-11-8(7)13-3-1-2-12-13/h1-5H. The Morgan fingerprint density at radius 3 is 2.92 bits per heavy atom. The molecule has 3 nitrogen and oxygen atoms in total. The van der Waals surface area contributed by atoms with Gasteiger partial charge in [0.15, 0.2) is 5.82 Å². The van der Waals surface area contributed by atoms with Crippen molar-refractivity contribution in [3.05, 3.63) is 41.6 Å². The van der Waals surface area contributed by atoms with Gasteiger partial charge in [0, 0.05) is 12.4 Å². The highest BCUT2D eigenvalue weighted by molar-refractivity contribution is 6.32. The number of halogens is 2. The maximum Gasteiger partial charge on any atom is 0.172 e. The molecule has 0 aliphatic heterocycles.